The van der Waals surface area contributed by atoms with E-state index in [0.29, 0.717) is 41.3 Å². The van der Waals surface area contributed by atoms with Gasteiger partial charge in [0.2, 0.25) is 5.91 Å². The second-order valence-electron chi connectivity index (χ2n) is 9.35. The Morgan fingerprint density at radius 3 is 2.73 bits per heavy atom. The van der Waals surface area contributed by atoms with Crippen LogP contribution < -0.4 is 15.5 Å². The van der Waals surface area contributed by atoms with Gasteiger partial charge in [-0.15, -0.1) is 0 Å². The fourth-order valence-electron chi connectivity index (χ4n) is 5.02. The number of carbonyl (C=O) groups excluding carboxylic acids is 2. The molecule has 0 spiro atoms. The predicted octanol–water partition coefficient (Wildman–Crippen LogP) is 5.61. The molecule has 0 fully saturated rings. The number of nitrogens with one attached hydrogen (secondary N) is 2. The van der Waals surface area contributed by atoms with Gasteiger partial charge in [0.1, 0.15) is 17.1 Å². The van der Waals surface area contributed by atoms with Gasteiger partial charge < -0.3 is 18.9 Å². The Morgan fingerprint density at radius 1 is 1.11 bits per heavy atom. The molecule has 0 radical (unpaired) electrons. The summed E-state index contributed by atoms with van der Waals surface area (Å²) in [5, 5.41) is 8.27. The minimum atomic E-state index is -0.364. The molecule has 0 bridgehead atoms. The number of aryl methyl sites for hydroxylation is 3. The van der Waals surface area contributed by atoms with E-state index in [9.17, 15) is 9.59 Å². The monoisotopic (exact) mass is 499 g/mol. The number of hydrogen-bond acceptors (Lipinski definition) is 6. The fourth-order valence-corrected chi connectivity index (χ4v) is 5.02. The molecule has 0 saturated carbocycles. The molecular formula is C29H29N3O5. The van der Waals surface area contributed by atoms with E-state index in [1.54, 1.807) is 25.5 Å². The zero-order valence-electron chi connectivity index (χ0n) is 21.4. The SMILES string of the molecule is COc1ccccc1NC(=O)c1oc2c(c1C)/C(=N/NC(=O)Cc1coc3cc(C)cc(C)c13)CCC2. The summed E-state index contributed by atoms with van der Waals surface area (Å²) in [6.45, 7) is 5.87. The van der Waals surface area contributed by atoms with Gasteiger partial charge in [0.15, 0.2) is 5.76 Å². The zero-order valence-corrected chi connectivity index (χ0v) is 21.4. The molecule has 4 aromatic rings. The van der Waals surface area contributed by atoms with Crippen LogP contribution in [0.2, 0.25) is 0 Å². The third-order valence-electron chi connectivity index (χ3n) is 6.65. The molecule has 37 heavy (non-hydrogen) atoms. The van der Waals surface area contributed by atoms with Crippen LogP contribution in [0.3, 0.4) is 0 Å². The van der Waals surface area contributed by atoms with Crippen LogP contribution in [0.1, 0.15) is 57.0 Å². The molecule has 2 aromatic heterocycles. The van der Waals surface area contributed by atoms with Gasteiger partial charge in [-0.05, 0) is 62.9 Å². The van der Waals surface area contributed by atoms with Crippen molar-refractivity contribution in [2.45, 2.75) is 46.5 Å². The van der Waals surface area contributed by atoms with E-state index < -0.39 is 0 Å². The number of benzene rings is 2. The van der Waals surface area contributed by atoms with E-state index in [1.807, 2.05) is 39.0 Å². The van der Waals surface area contributed by atoms with Crippen molar-refractivity contribution in [2.75, 3.05) is 12.4 Å². The normalized spacial score (nSPS) is 14.0. The predicted molar refractivity (Wildman–Crippen MR) is 141 cm³/mol. The average molecular weight is 500 g/mol. The van der Waals surface area contributed by atoms with Gasteiger partial charge in [0.25, 0.3) is 5.91 Å². The minimum Gasteiger partial charge on any atom is -0.495 e. The lowest BCUT2D eigenvalue weighted by atomic mass is 9.93. The first-order valence-corrected chi connectivity index (χ1v) is 12.3. The van der Waals surface area contributed by atoms with Crippen molar-refractivity contribution in [3.8, 4) is 5.75 Å². The van der Waals surface area contributed by atoms with Gasteiger partial charge in [-0.1, -0.05) is 18.2 Å². The molecule has 0 unspecified atom stereocenters. The molecular weight excluding hydrogens is 470 g/mol. The largest absolute Gasteiger partial charge is 0.495 e. The number of anilines is 1. The molecule has 190 valence electrons. The second kappa shape index (κ2) is 9.97. The Bertz CT molecular complexity index is 1540. The highest BCUT2D eigenvalue weighted by atomic mass is 16.5. The quantitative estimate of drug-likeness (QED) is 0.335. The van der Waals surface area contributed by atoms with Crippen LogP contribution >= 0.6 is 0 Å². The van der Waals surface area contributed by atoms with Crippen LogP contribution in [-0.4, -0.2) is 24.6 Å². The van der Waals surface area contributed by atoms with Crippen molar-refractivity contribution in [1.29, 1.82) is 0 Å². The van der Waals surface area contributed by atoms with Crippen molar-refractivity contribution in [3.63, 3.8) is 0 Å². The Kier molecular flexibility index (Phi) is 6.56. The Hall–Kier alpha value is -4.33. The lowest BCUT2D eigenvalue weighted by molar-refractivity contribution is -0.120. The summed E-state index contributed by atoms with van der Waals surface area (Å²) in [5.74, 6) is 0.890. The molecule has 2 heterocycles. The summed E-state index contributed by atoms with van der Waals surface area (Å²) in [6.07, 6.45) is 3.97. The van der Waals surface area contributed by atoms with Gasteiger partial charge in [-0.2, -0.15) is 5.10 Å². The van der Waals surface area contributed by atoms with Gasteiger partial charge in [-0.3, -0.25) is 9.59 Å². The standard InChI is InChI=1S/C29H29N3O5/c1-16-12-17(2)26-19(15-36-24(26)13-16)14-25(33)32-31-21-9-7-11-23-27(21)18(3)28(37-23)29(34)30-20-8-5-6-10-22(20)35-4/h5-6,8,10,12-13,15H,7,9,11,14H2,1-4H3,(H,30,34)(H,32,33)/b31-21+. The molecule has 5 rings (SSSR count). The molecule has 2 amide bonds. The maximum atomic E-state index is 13.0. The number of fused-ring (bicyclic) bond motifs is 2. The van der Waals surface area contributed by atoms with Crippen molar-refractivity contribution < 1.29 is 23.2 Å². The van der Waals surface area contributed by atoms with E-state index in [2.05, 4.69) is 21.9 Å². The zero-order chi connectivity index (χ0) is 26.1. The lowest BCUT2D eigenvalue weighted by Gasteiger charge is -2.13. The molecule has 0 saturated heterocycles. The molecule has 2 N–H and O–H groups in total. The highest BCUT2D eigenvalue weighted by molar-refractivity contribution is 6.09. The topological polar surface area (TPSA) is 106 Å². The van der Waals surface area contributed by atoms with Crippen molar-refractivity contribution in [2.24, 2.45) is 5.10 Å². The van der Waals surface area contributed by atoms with Gasteiger partial charge in [0.05, 0.1) is 31.2 Å². The maximum absolute atomic E-state index is 13.0. The Morgan fingerprint density at radius 2 is 1.92 bits per heavy atom. The van der Waals surface area contributed by atoms with E-state index in [1.165, 1.54) is 0 Å². The molecule has 1 aliphatic rings. The number of hydrogen-bond donors (Lipinski definition) is 2. The molecule has 0 aliphatic heterocycles. The number of para-hydroxylation sites is 2. The third-order valence-corrected chi connectivity index (χ3v) is 6.65. The summed E-state index contributed by atoms with van der Waals surface area (Å²) in [7, 11) is 1.55. The van der Waals surface area contributed by atoms with Crippen LogP contribution in [0.25, 0.3) is 11.0 Å². The molecule has 0 atom stereocenters. The smallest absolute Gasteiger partial charge is 0.291 e. The number of hydrazone groups is 1. The van der Waals surface area contributed by atoms with Crippen LogP contribution in [0.4, 0.5) is 5.69 Å². The fraction of sp³-hybridized carbons (Fsp3) is 0.276. The molecule has 2 aromatic carbocycles. The number of rotatable bonds is 6. The van der Waals surface area contributed by atoms with Gasteiger partial charge in [-0.25, -0.2) is 5.43 Å². The van der Waals surface area contributed by atoms with Crippen LogP contribution in [0, 0.1) is 20.8 Å². The average Bonchev–Trinajstić information content (AvgIpc) is 3.44. The molecule has 8 nitrogen and oxygen atoms in total. The minimum absolute atomic E-state index is 0.150. The number of carbonyl (C=O) groups is 2. The summed E-state index contributed by atoms with van der Waals surface area (Å²) >= 11 is 0. The first-order valence-electron chi connectivity index (χ1n) is 12.3. The number of nitrogens with zero attached hydrogens (tertiary/aromatic N) is 1. The summed E-state index contributed by atoms with van der Waals surface area (Å²) in [6, 6.07) is 11.2. The van der Waals surface area contributed by atoms with Crippen molar-refractivity contribution >= 4 is 34.2 Å². The van der Waals surface area contributed by atoms with E-state index >= 15 is 0 Å². The van der Waals surface area contributed by atoms with Gasteiger partial charge >= 0.3 is 0 Å². The van der Waals surface area contributed by atoms with Crippen molar-refractivity contribution in [3.05, 3.63) is 82.0 Å². The van der Waals surface area contributed by atoms with E-state index in [4.69, 9.17) is 13.6 Å². The van der Waals surface area contributed by atoms with Crippen LogP contribution in [0.15, 0.2) is 56.6 Å². The second-order valence-corrected chi connectivity index (χ2v) is 9.35. The Balaban J connectivity index is 1.34. The molecule has 1 aliphatic carbocycles. The third kappa shape index (κ3) is 4.74. The number of methoxy groups -OCH3 is 1. The number of amides is 2. The number of furan rings is 2. The van der Waals surface area contributed by atoms with E-state index in [-0.39, 0.29) is 24.0 Å². The highest BCUT2D eigenvalue weighted by Crippen LogP contribution is 2.31. The molecule has 8 heteroatoms. The maximum Gasteiger partial charge on any atom is 0.291 e. The highest BCUT2D eigenvalue weighted by Gasteiger charge is 2.28. The summed E-state index contributed by atoms with van der Waals surface area (Å²) < 4.78 is 17.0. The first-order chi connectivity index (χ1) is 17.9. The van der Waals surface area contributed by atoms with Crippen LogP contribution in [0.5, 0.6) is 5.75 Å². The van der Waals surface area contributed by atoms with E-state index in [0.717, 1.165) is 39.6 Å². The van der Waals surface area contributed by atoms with Crippen LogP contribution in [-0.2, 0) is 17.6 Å². The van der Waals surface area contributed by atoms with Gasteiger partial charge in [0, 0.05) is 28.5 Å². The van der Waals surface area contributed by atoms with Crippen molar-refractivity contribution in [1.82, 2.24) is 5.43 Å². The lowest BCUT2D eigenvalue weighted by Crippen LogP contribution is -2.23. The first kappa shape index (κ1) is 24.4. The summed E-state index contributed by atoms with van der Waals surface area (Å²) in [5.41, 5.74) is 9.23. The Labute approximate surface area is 214 Å². The summed E-state index contributed by atoms with van der Waals surface area (Å²) in [4.78, 5) is 25.8. The number of ether oxygens (including phenoxy) is 1.